The Bertz CT molecular complexity index is 767. The Balaban J connectivity index is 1.65. The van der Waals surface area contributed by atoms with Crippen LogP contribution in [0.5, 0.6) is 0 Å². The summed E-state index contributed by atoms with van der Waals surface area (Å²) in [6.45, 7) is 3.71. The highest BCUT2D eigenvalue weighted by Crippen LogP contribution is 2.32. The molecule has 4 rings (SSSR count). The van der Waals surface area contributed by atoms with Crippen molar-refractivity contribution in [3.8, 4) is 0 Å². The van der Waals surface area contributed by atoms with Crippen molar-refractivity contribution in [1.29, 1.82) is 0 Å². The standard InChI is InChI=1S/C14H15N5OS/c1-9-17-12(18-20-9)10-3-2-5-19(7-10)13-11-4-6-21-14(11)16-8-15-13/h4,6,8,10H,2-3,5,7H2,1H3. The van der Waals surface area contributed by atoms with Crippen LogP contribution in [0.25, 0.3) is 10.2 Å². The van der Waals surface area contributed by atoms with Crippen molar-refractivity contribution in [3.63, 3.8) is 0 Å². The van der Waals surface area contributed by atoms with Crippen LogP contribution in [0.15, 0.2) is 22.3 Å². The van der Waals surface area contributed by atoms with Crippen LogP contribution in [0.1, 0.15) is 30.5 Å². The lowest BCUT2D eigenvalue weighted by Gasteiger charge is -2.32. The molecule has 1 fully saturated rings. The van der Waals surface area contributed by atoms with Gasteiger partial charge < -0.3 is 9.42 Å². The molecule has 4 heterocycles. The SMILES string of the molecule is Cc1nc(C2CCCN(c3ncnc4sccc34)C2)no1. The van der Waals surface area contributed by atoms with Crippen molar-refractivity contribution in [3.05, 3.63) is 29.5 Å². The first-order valence-corrected chi connectivity index (χ1v) is 7.92. The monoisotopic (exact) mass is 301 g/mol. The average molecular weight is 301 g/mol. The van der Waals surface area contributed by atoms with Crippen LogP contribution in [-0.2, 0) is 0 Å². The third-order valence-corrected chi connectivity index (χ3v) is 4.69. The van der Waals surface area contributed by atoms with Crippen LogP contribution in [0.4, 0.5) is 5.82 Å². The Morgan fingerprint density at radius 1 is 1.38 bits per heavy atom. The topological polar surface area (TPSA) is 67.9 Å². The summed E-state index contributed by atoms with van der Waals surface area (Å²) < 4.78 is 5.11. The van der Waals surface area contributed by atoms with Gasteiger partial charge in [-0.3, -0.25) is 0 Å². The van der Waals surface area contributed by atoms with E-state index in [0.717, 1.165) is 47.8 Å². The molecule has 108 valence electrons. The lowest BCUT2D eigenvalue weighted by Crippen LogP contribution is -2.35. The number of rotatable bonds is 2. The van der Waals surface area contributed by atoms with Gasteiger partial charge in [0.05, 0.1) is 5.39 Å². The highest BCUT2D eigenvalue weighted by molar-refractivity contribution is 7.16. The minimum absolute atomic E-state index is 0.305. The summed E-state index contributed by atoms with van der Waals surface area (Å²) in [6, 6.07) is 2.09. The molecule has 0 bridgehead atoms. The van der Waals surface area contributed by atoms with E-state index in [-0.39, 0.29) is 0 Å². The second-order valence-electron chi connectivity index (χ2n) is 5.29. The zero-order chi connectivity index (χ0) is 14.2. The maximum absolute atomic E-state index is 5.11. The molecule has 1 saturated heterocycles. The zero-order valence-electron chi connectivity index (χ0n) is 11.7. The number of hydrogen-bond acceptors (Lipinski definition) is 7. The van der Waals surface area contributed by atoms with E-state index in [0.29, 0.717) is 11.8 Å². The van der Waals surface area contributed by atoms with Gasteiger partial charge in [0.15, 0.2) is 5.82 Å². The molecule has 0 radical (unpaired) electrons. The molecular formula is C14H15N5OS. The van der Waals surface area contributed by atoms with Crippen LogP contribution in [0.3, 0.4) is 0 Å². The molecule has 0 aliphatic carbocycles. The van der Waals surface area contributed by atoms with Crippen molar-refractivity contribution in [2.45, 2.75) is 25.7 Å². The summed E-state index contributed by atoms with van der Waals surface area (Å²) in [5.74, 6) is 2.77. The van der Waals surface area contributed by atoms with Gasteiger partial charge in [-0.2, -0.15) is 4.98 Å². The molecule has 1 atom stereocenters. The highest BCUT2D eigenvalue weighted by Gasteiger charge is 2.26. The third-order valence-electron chi connectivity index (χ3n) is 3.87. The van der Waals surface area contributed by atoms with Crippen molar-refractivity contribution in [2.24, 2.45) is 0 Å². The summed E-state index contributed by atoms with van der Waals surface area (Å²) in [4.78, 5) is 16.5. The molecule has 1 aliphatic heterocycles. The van der Waals surface area contributed by atoms with Crippen LogP contribution >= 0.6 is 11.3 Å². The molecule has 0 amide bonds. The zero-order valence-corrected chi connectivity index (χ0v) is 12.5. The molecule has 0 spiro atoms. The van der Waals surface area contributed by atoms with Gasteiger partial charge in [-0.15, -0.1) is 11.3 Å². The van der Waals surface area contributed by atoms with E-state index in [1.807, 2.05) is 6.92 Å². The largest absolute Gasteiger partial charge is 0.355 e. The van der Waals surface area contributed by atoms with E-state index in [1.54, 1.807) is 17.7 Å². The van der Waals surface area contributed by atoms with Crippen molar-refractivity contribution < 1.29 is 4.52 Å². The van der Waals surface area contributed by atoms with E-state index in [9.17, 15) is 0 Å². The molecule has 0 saturated carbocycles. The molecule has 7 heteroatoms. The molecule has 21 heavy (non-hydrogen) atoms. The highest BCUT2D eigenvalue weighted by atomic mass is 32.1. The normalized spacial score (nSPS) is 19.3. The number of nitrogens with zero attached hydrogens (tertiary/aromatic N) is 5. The molecule has 6 nitrogen and oxygen atoms in total. The second-order valence-corrected chi connectivity index (χ2v) is 6.19. The van der Waals surface area contributed by atoms with E-state index in [4.69, 9.17) is 4.52 Å². The summed E-state index contributed by atoms with van der Waals surface area (Å²) in [5.41, 5.74) is 0. The van der Waals surface area contributed by atoms with Gasteiger partial charge in [0.1, 0.15) is 17.0 Å². The second kappa shape index (κ2) is 5.07. The minimum Gasteiger partial charge on any atom is -0.355 e. The van der Waals surface area contributed by atoms with E-state index in [2.05, 4.69) is 36.5 Å². The number of anilines is 1. The van der Waals surface area contributed by atoms with Gasteiger partial charge in [-0.25, -0.2) is 9.97 Å². The molecule has 3 aromatic heterocycles. The molecule has 3 aromatic rings. The quantitative estimate of drug-likeness (QED) is 0.725. The molecule has 1 unspecified atom stereocenters. The minimum atomic E-state index is 0.305. The molecule has 0 aromatic carbocycles. The van der Waals surface area contributed by atoms with Crippen molar-refractivity contribution in [1.82, 2.24) is 20.1 Å². The first kappa shape index (κ1) is 12.7. The van der Waals surface area contributed by atoms with Crippen molar-refractivity contribution in [2.75, 3.05) is 18.0 Å². The molecular weight excluding hydrogens is 286 g/mol. The lowest BCUT2D eigenvalue weighted by atomic mass is 9.97. The van der Waals surface area contributed by atoms with Crippen LogP contribution < -0.4 is 4.90 Å². The Morgan fingerprint density at radius 2 is 2.33 bits per heavy atom. The summed E-state index contributed by atoms with van der Waals surface area (Å²) in [6.07, 6.45) is 3.84. The fourth-order valence-electron chi connectivity index (χ4n) is 2.89. The van der Waals surface area contributed by atoms with Gasteiger partial charge in [0.2, 0.25) is 5.89 Å². The smallest absolute Gasteiger partial charge is 0.223 e. The van der Waals surface area contributed by atoms with Gasteiger partial charge in [-0.1, -0.05) is 5.16 Å². The number of aromatic nitrogens is 4. The molecule has 1 aliphatic rings. The molecule has 0 N–H and O–H groups in total. The van der Waals surface area contributed by atoms with E-state index < -0.39 is 0 Å². The maximum Gasteiger partial charge on any atom is 0.223 e. The Hall–Kier alpha value is -2.02. The summed E-state index contributed by atoms with van der Waals surface area (Å²) >= 11 is 1.65. The van der Waals surface area contributed by atoms with Crippen LogP contribution in [0.2, 0.25) is 0 Å². The predicted molar refractivity (Wildman–Crippen MR) is 80.6 cm³/mol. The number of aryl methyl sites for hydroxylation is 1. The Kier molecular flexibility index (Phi) is 3.07. The maximum atomic E-state index is 5.11. The Labute approximate surface area is 125 Å². The fourth-order valence-corrected chi connectivity index (χ4v) is 3.62. The lowest BCUT2D eigenvalue weighted by molar-refractivity contribution is 0.377. The first-order chi connectivity index (χ1) is 10.3. The number of piperidine rings is 1. The van der Waals surface area contributed by atoms with Gasteiger partial charge >= 0.3 is 0 Å². The number of thiophene rings is 1. The fraction of sp³-hybridized carbons (Fsp3) is 0.429. The van der Waals surface area contributed by atoms with Crippen LogP contribution in [0, 0.1) is 6.92 Å². The van der Waals surface area contributed by atoms with Crippen LogP contribution in [-0.4, -0.2) is 33.2 Å². The summed E-state index contributed by atoms with van der Waals surface area (Å²) in [7, 11) is 0. The summed E-state index contributed by atoms with van der Waals surface area (Å²) in [5, 5.41) is 7.27. The Morgan fingerprint density at radius 3 is 3.19 bits per heavy atom. The van der Waals surface area contributed by atoms with Gasteiger partial charge in [-0.05, 0) is 24.3 Å². The van der Waals surface area contributed by atoms with E-state index >= 15 is 0 Å². The van der Waals surface area contributed by atoms with Gasteiger partial charge in [0, 0.05) is 25.9 Å². The third kappa shape index (κ3) is 2.27. The average Bonchev–Trinajstić information content (AvgIpc) is 3.15. The predicted octanol–water partition coefficient (Wildman–Crippen LogP) is 2.77. The van der Waals surface area contributed by atoms with Crippen molar-refractivity contribution >= 4 is 27.4 Å². The number of hydrogen-bond donors (Lipinski definition) is 0. The first-order valence-electron chi connectivity index (χ1n) is 7.04. The number of fused-ring (bicyclic) bond motifs is 1. The van der Waals surface area contributed by atoms with Gasteiger partial charge in [0.25, 0.3) is 0 Å². The van der Waals surface area contributed by atoms with E-state index in [1.165, 1.54) is 0 Å².